The lowest BCUT2D eigenvalue weighted by molar-refractivity contribution is -0.143. The SMILES string of the molecule is CCOC(=O)CNC(=O)Cn1c(=O)n(CCc2ccccc2)c(=O)c2ncccc21. The van der Waals surface area contributed by atoms with Crippen molar-refractivity contribution in [2.45, 2.75) is 26.4 Å². The summed E-state index contributed by atoms with van der Waals surface area (Å²) < 4.78 is 7.04. The molecule has 0 bridgehead atoms. The first-order chi connectivity index (χ1) is 14.5. The van der Waals surface area contributed by atoms with Crippen LogP contribution < -0.4 is 16.6 Å². The van der Waals surface area contributed by atoms with Gasteiger partial charge in [0.2, 0.25) is 5.91 Å². The summed E-state index contributed by atoms with van der Waals surface area (Å²) in [5, 5.41) is 2.42. The topological polar surface area (TPSA) is 112 Å². The standard InChI is InChI=1S/C21H22N4O5/c1-2-30-18(27)13-23-17(26)14-25-16-9-6-11-22-19(16)20(28)24(21(25)29)12-10-15-7-4-3-5-8-15/h3-9,11H,2,10,12-14H2,1H3,(H,23,26). The quantitative estimate of drug-likeness (QED) is 0.541. The van der Waals surface area contributed by atoms with Crippen molar-refractivity contribution in [3.8, 4) is 0 Å². The highest BCUT2D eigenvalue weighted by molar-refractivity contribution is 5.83. The largest absolute Gasteiger partial charge is 0.465 e. The number of carbonyl (C=O) groups excluding carboxylic acids is 2. The van der Waals surface area contributed by atoms with Gasteiger partial charge in [-0.3, -0.25) is 23.5 Å². The number of hydrogen-bond acceptors (Lipinski definition) is 6. The van der Waals surface area contributed by atoms with E-state index in [1.807, 2.05) is 30.3 Å². The zero-order chi connectivity index (χ0) is 21.5. The Labute approximate surface area is 171 Å². The first kappa shape index (κ1) is 21.0. The summed E-state index contributed by atoms with van der Waals surface area (Å²) in [7, 11) is 0. The number of ether oxygens (including phenoxy) is 1. The predicted octanol–water partition coefficient (Wildman–Crippen LogP) is 0.480. The van der Waals surface area contributed by atoms with E-state index in [9.17, 15) is 19.2 Å². The average molecular weight is 410 g/mol. The molecule has 3 aromatic rings. The van der Waals surface area contributed by atoms with Gasteiger partial charge in [0.25, 0.3) is 5.56 Å². The molecule has 9 heteroatoms. The first-order valence-electron chi connectivity index (χ1n) is 9.56. The third kappa shape index (κ3) is 4.80. The lowest BCUT2D eigenvalue weighted by Gasteiger charge is -2.13. The van der Waals surface area contributed by atoms with Gasteiger partial charge in [-0.05, 0) is 31.0 Å². The molecule has 0 aliphatic carbocycles. The molecule has 0 spiro atoms. The monoisotopic (exact) mass is 410 g/mol. The van der Waals surface area contributed by atoms with Crippen LogP contribution in [0, 0.1) is 0 Å². The van der Waals surface area contributed by atoms with E-state index in [2.05, 4.69) is 10.3 Å². The summed E-state index contributed by atoms with van der Waals surface area (Å²) in [5.74, 6) is -1.12. The third-order valence-electron chi connectivity index (χ3n) is 4.49. The van der Waals surface area contributed by atoms with E-state index in [-0.39, 0.29) is 37.3 Å². The Kier molecular flexibility index (Phi) is 6.74. The number of pyridine rings is 1. The second-order valence-corrected chi connectivity index (χ2v) is 6.51. The Bertz CT molecular complexity index is 1170. The van der Waals surface area contributed by atoms with Gasteiger partial charge in [0, 0.05) is 12.7 Å². The zero-order valence-corrected chi connectivity index (χ0v) is 16.5. The van der Waals surface area contributed by atoms with Crippen molar-refractivity contribution in [3.63, 3.8) is 0 Å². The average Bonchev–Trinajstić information content (AvgIpc) is 2.76. The van der Waals surface area contributed by atoms with Gasteiger partial charge in [-0.15, -0.1) is 0 Å². The molecule has 0 fully saturated rings. The molecular weight excluding hydrogens is 388 g/mol. The molecule has 1 aromatic carbocycles. The van der Waals surface area contributed by atoms with Crippen LogP contribution in [-0.4, -0.2) is 39.1 Å². The molecule has 0 aliphatic heterocycles. The molecule has 2 aromatic heterocycles. The van der Waals surface area contributed by atoms with Gasteiger partial charge < -0.3 is 10.1 Å². The highest BCUT2D eigenvalue weighted by Crippen LogP contribution is 2.05. The van der Waals surface area contributed by atoms with Crippen LogP contribution >= 0.6 is 0 Å². The van der Waals surface area contributed by atoms with Gasteiger partial charge in [-0.2, -0.15) is 0 Å². The fourth-order valence-corrected chi connectivity index (χ4v) is 3.06. The summed E-state index contributed by atoms with van der Waals surface area (Å²) in [6, 6.07) is 12.6. The van der Waals surface area contributed by atoms with E-state index in [1.54, 1.807) is 19.1 Å². The second kappa shape index (κ2) is 9.64. The van der Waals surface area contributed by atoms with Crippen LogP contribution in [0.4, 0.5) is 0 Å². The molecule has 0 atom stereocenters. The van der Waals surface area contributed by atoms with Crippen LogP contribution in [0.1, 0.15) is 12.5 Å². The van der Waals surface area contributed by atoms with Crippen molar-refractivity contribution < 1.29 is 14.3 Å². The Morgan fingerprint density at radius 1 is 1.07 bits per heavy atom. The Morgan fingerprint density at radius 3 is 2.57 bits per heavy atom. The molecule has 156 valence electrons. The van der Waals surface area contributed by atoms with Crippen LogP contribution in [0.3, 0.4) is 0 Å². The summed E-state index contributed by atoms with van der Waals surface area (Å²) in [4.78, 5) is 53.7. The number of aryl methyl sites for hydroxylation is 1. The molecule has 0 radical (unpaired) electrons. The van der Waals surface area contributed by atoms with Crippen molar-refractivity contribution in [2.24, 2.45) is 0 Å². The maximum absolute atomic E-state index is 13.0. The van der Waals surface area contributed by atoms with Gasteiger partial charge in [-0.1, -0.05) is 30.3 Å². The second-order valence-electron chi connectivity index (χ2n) is 6.51. The number of hydrogen-bond donors (Lipinski definition) is 1. The maximum Gasteiger partial charge on any atom is 0.332 e. The van der Waals surface area contributed by atoms with Gasteiger partial charge in [0.1, 0.15) is 13.1 Å². The van der Waals surface area contributed by atoms with Gasteiger partial charge in [0.05, 0.1) is 12.1 Å². The molecule has 0 saturated carbocycles. The smallest absolute Gasteiger partial charge is 0.332 e. The number of carbonyl (C=O) groups is 2. The molecule has 30 heavy (non-hydrogen) atoms. The number of fused-ring (bicyclic) bond motifs is 1. The molecular formula is C21H22N4O5. The van der Waals surface area contributed by atoms with Crippen LogP contribution in [0.25, 0.3) is 11.0 Å². The number of amides is 1. The van der Waals surface area contributed by atoms with Crippen LogP contribution in [-0.2, 0) is 33.8 Å². The number of aromatic nitrogens is 3. The van der Waals surface area contributed by atoms with E-state index in [0.29, 0.717) is 6.42 Å². The van der Waals surface area contributed by atoms with Crippen molar-refractivity contribution in [1.29, 1.82) is 0 Å². The number of nitrogens with zero attached hydrogens (tertiary/aromatic N) is 3. The Hall–Kier alpha value is -3.75. The molecule has 0 saturated heterocycles. The van der Waals surface area contributed by atoms with Crippen molar-refractivity contribution in [1.82, 2.24) is 19.4 Å². The van der Waals surface area contributed by atoms with E-state index >= 15 is 0 Å². The Morgan fingerprint density at radius 2 is 1.83 bits per heavy atom. The number of nitrogens with one attached hydrogen (secondary N) is 1. The van der Waals surface area contributed by atoms with E-state index in [0.717, 1.165) is 10.1 Å². The van der Waals surface area contributed by atoms with Gasteiger partial charge in [-0.25, -0.2) is 9.78 Å². The summed E-state index contributed by atoms with van der Waals surface area (Å²) in [6.45, 7) is 1.36. The number of esters is 1. The maximum atomic E-state index is 13.0. The van der Waals surface area contributed by atoms with Crippen molar-refractivity contribution >= 4 is 22.9 Å². The minimum atomic E-state index is -0.609. The highest BCUT2D eigenvalue weighted by atomic mass is 16.5. The molecule has 1 amide bonds. The molecule has 0 unspecified atom stereocenters. The summed E-state index contributed by atoms with van der Waals surface area (Å²) in [6.07, 6.45) is 1.93. The first-order valence-corrected chi connectivity index (χ1v) is 9.56. The summed E-state index contributed by atoms with van der Waals surface area (Å²) >= 11 is 0. The van der Waals surface area contributed by atoms with E-state index in [4.69, 9.17) is 4.74 Å². The van der Waals surface area contributed by atoms with Gasteiger partial charge >= 0.3 is 11.7 Å². The minimum Gasteiger partial charge on any atom is -0.465 e. The molecule has 3 rings (SSSR count). The van der Waals surface area contributed by atoms with Gasteiger partial charge in [0.15, 0.2) is 5.52 Å². The van der Waals surface area contributed by atoms with Crippen LogP contribution in [0.15, 0.2) is 58.3 Å². The zero-order valence-electron chi connectivity index (χ0n) is 16.5. The van der Waals surface area contributed by atoms with Crippen LogP contribution in [0.5, 0.6) is 0 Å². The molecule has 9 nitrogen and oxygen atoms in total. The highest BCUT2D eigenvalue weighted by Gasteiger charge is 2.16. The predicted molar refractivity (Wildman–Crippen MR) is 110 cm³/mol. The molecule has 1 N–H and O–H groups in total. The molecule has 0 aliphatic rings. The lowest BCUT2D eigenvalue weighted by Crippen LogP contribution is -2.43. The van der Waals surface area contributed by atoms with Crippen LogP contribution in [0.2, 0.25) is 0 Å². The lowest BCUT2D eigenvalue weighted by atomic mass is 10.1. The minimum absolute atomic E-state index is 0.100. The fraction of sp³-hybridized carbons (Fsp3) is 0.286. The molecule has 2 heterocycles. The Balaban J connectivity index is 1.91. The van der Waals surface area contributed by atoms with Crippen molar-refractivity contribution in [3.05, 3.63) is 75.1 Å². The van der Waals surface area contributed by atoms with E-state index in [1.165, 1.54) is 10.8 Å². The fourth-order valence-electron chi connectivity index (χ4n) is 3.06. The summed E-state index contributed by atoms with van der Waals surface area (Å²) in [5.41, 5.74) is 0.221. The normalized spacial score (nSPS) is 10.7. The number of benzene rings is 1. The third-order valence-corrected chi connectivity index (χ3v) is 4.49. The van der Waals surface area contributed by atoms with E-state index < -0.39 is 23.1 Å². The van der Waals surface area contributed by atoms with Crippen molar-refractivity contribution in [2.75, 3.05) is 13.2 Å². The number of rotatable bonds is 8.